The van der Waals surface area contributed by atoms with Crippen LogP contribution in [0.4, 0.5) is 0 Å². The number of hydrogen-bond donors (Lipinski definition) is 1. The maximum atomic E-state index is 5.47. The maximum absolute atomic E-state index is 5.47. The third-order valence-corrected chi connectivity index (χ3v) is 4.89. The monoisotopic (exact) mass is 460 g/mol. The molecule has 0 aliphatic heterocycles. The van der Waals surface area contributed by atoms with E-state index in [1.807, 2.05) is 0 Å². The summed E-state index contributed by atoms with van der Waals surface area (Å²) in [5.41, 5.74) is 1.26. The van der Waals surface area contributed by atoms with Crippen molar-refractivity contribution in [1.29, 1.82) is 0 Å². The van der Waals surface area contributed by atoms with Crippen molar-refractivity contribution in [2.75, 3.05) is 42.7 Å². The fraction of sp³-hybridized carbons (Fsp3) is 0.286. The van der Waals surface area contributed by atoms with Gasteiger partial charge in [0.15, 0.2) is 17.3 Å². The molecule has 0 radical (unpaired) electrons. The highest BCUT2D eigenvalue weighted by Gasteiger charge is 2.18. The van der Waals surface area contributed by atoms with Gasteiger partial charge in [-0.25, -0.2) is 5.10 Å². The van der Waals surface area contributed by atoms with Gasteiger partial charge in [0.05, 0.1) is 54.4 Å². The zero-order valence-electron chi connectivity index (χ0n) is 18.6. The average molecular weight is 461 g/mol. The molecule has 0 spiro atoms. The Bertz CT molecular complexity index is 1140. The van der Waals surface area contributed by atoms with E-state index in [9.17, 15) is 0 Å². The Balaban J connectivity index is 2.13. The minimum absolute atomic E-state index is 0.288. The molecular weight excluding hydrogens is 436 g/mol. The zero-order valence-corrected chi connectivity index (χ0v) is 19.4. The van der Waals surface area contributed by atoms with Crippen LogP contribution in [-0.4, -0.2) is 63.7 Å². The molecule has 0 amide bonds. The second kappa shape index (κ2) is 10.1. The summed E-state index contributed by atoms with van der Waals surface area (Å²) in [7, 11) is 9.29. The van der Waals surface area contributed by atoms with Crippen molar-refractivity contribution in [2.45, 2.75) is 0 Å². The lowest BCUT2D eigenvalue weighted by Crippen LogP contribution is -2.01. The molecule has 170 valence electrons. The Morgan fingerprint density at radius 3 is 1.84 bits per heavy atom. The minimum atomic E-state index is 0.288. The van der Waals surface area contributed by atoms with Gasteiger partial charge in [0.25, 0.3) is 0 Å². The molecule has 0 aliphatic rings. The van der Waals surface area contributed by atoms with Gasteiger partial charge in [-0.1, -0.05) is 0 Å². The van der Waals surface area contributed by atoms with Gasteiger partial charge in [0, 0.05) is 17.7 Å². The van der Waals surface area contributed by atoms with E-state index < -0.39 is 0 Å². The molecule has 0 fully saturated rings. The lowest BCUT2D eigenvalue weighted by molar-refractivity contribution is 0.324. The predicted molar refractivity (Wildman–Crippen MR) is 122 cm³/mol. The van der Waals surface area contributed by atoms with Crippen molar-refractivity contribution in [3.05, 3.63) is 34.6 Å². The van der Waals surface area contributed by atoms with Crippen molar-refractivity contribution < 1.29 is 28.4 Å². The number of benzene rings is 2. The summed E-state index contributed by atoms with van der Waals surface area (Å²) < 4.78 is 34.3. The van der Waals surface area contributed by atoms with E-state index >= 15 is 0 Å². The largest absolute Gasteiger partial charge is 0.496 e. The smallest absolute Gasteiger partial charge is 0.216 e. The molecule has 0 aliphatic carbocycles. The van der Waals surface area contributed by atoms with Crippen LogP contribution in [0.2, 0.25) is 0 Å². The number of aromatic nitrogens is 3. The van der Waals surface area contributed by atoms with Crippen LogP contribution in [0.25, 0.3) is 11.4 Å². The van der Waals surface area contributed by atoms with E-state index in [-0.39, 0.29) is 4.77 Å². The minimum Gasteiger partial charge on any atom is -0.496 e. The number of ether oxygens (including phenoxy) is 6. The molecule has 3 rings (SSSR count). The van der Waals surface area contributed by atoms with E-state index in [2.05, 4.69) is 15.3 Å². The van der Waals surface area contributed by atoms with Gasteiger partial charge in [-0.2, -0.15) is 14.9 Å². The summed E-state index contributed by atoms with van der Waals surface area (Å²) in [6.07, 6.45) is 1.57. The van der Waals surface area contributed by atoms with E-state index in [1.165, 1.54) is 11.8 Å². The molecule has 0 bridgehead atoms. The first-order valence-electron chi connectivity index (χ1n) is 9.33. The fourth-order valence-electron chi connectivity index (χ4n) is 3.07. The van der Waals surface area contributed by atoms with Crippen molar-refractivity contribution in [2.24, 2.45) is 5.10 Å². The highest BCUT2D eigenvalue weighted by molar-refractivity contribution is 7.71. The number of rotatable bonds is 9. The summed E-state index contributed by atoms with van der Waals surface area (Å²) in [5.74, 6) is 3.50. The van der Waals surface area contributed by atoms with Gasteiger partial charge >= 0.3 is 0 Å². The van der Waals surface area contributed by atoms with E-state index in [4.69, 9.17) is 40.6 Å². The molecule has 0 saturated carbocycles. The summed E-state index contributed by atoms with van der Waals surface area (Å²) in [5, 5.41) is 11.6. The first kappa shape index (κ1) is 22.9. The van der Waals surface area contributed by atoms with Crippen LogP contribution in [0.5, 0.6) is 34.5 Å². The van der Waals surface area contributed by atoms with Crippen molar-refractivity contribution >= 4 is 18.4 Å². The van der Waals surface area contributed by atoms with Gasteiger partial charge in [0.1, 0.15) is 17.2 Å². The first-order valence-corrected chi connectivity index (χ1v) is 9.74. The number of hydrogen-bond acceptors (Lipinski definition) is 9. The van der Waals surface area contributed by atoms with E-state index in [1.54, 1.807) is 66.0 Å². The summed E-state index contributed by atoms with van der Waals surface area (Å²) in [4.78, 5) is 0. The average Bonchev–Trinajstić information content (AvgIpc) is 3.20. The van der Waals surface area contributed by atoms with E-state index in [0.717, 1.165) is 0 Å². The number of H-pyrrole nitrogens is 1. The number of methoxy groups -OCH3 is 6. The number of nitrogens with zero attached hydrogens (tertiary/aromatic N) is 3. The molecule has 0 atom stereocenters. The molecule has 1 N–H and O–H groups in total. The van der Waals surface area contributed by atoms with Gasteiger partial charge < -0.3 is 28.4 Å². The SMILES string of the molecule is COc1cc(OC)c(C=Nn2c(-c3cc(OC)c(OC)c(OC)c3)n[nH]c2=S)c(OC)c1. The molecule has 11 heteroatoms. The van der Waals surface area contributed by atoms with E-state index in [0.29, 0.717) is 51.4 Å². The Morgan fingerprint density at radius 1 is 0.812 bits per heavy atom. The van der Waals surface area contributed by atoms with Gasteiger partial charge in [-0.15, -0.1) is 0 Å². The summed E-state index contributed by atoms with van der Waals surface area (Å²) >= 11 is 5.38. The number of nitrogens with one attached hydrogen (secondary N) is 1. The molecule has 0 unspecified atom stereocenters. The molecular formula is C21H24N4O6S. The topological polar surface area (TPSA) is 101 Å². The fourth-order valence-corrected chi connectivity index (χ4v) is 3.25. The Morgan fingerprint density at radius 2 is 1.38 bits per heavy atom. The number of aromatic amines is 1. The molecule has 1 aromatic heterocycles. The van der Waals surface area contributed by atoms with Crippen LogP contribution in [0.3, 0.4) is 0 Å². The van der Waals surface area contributed by atoms with Gasteiger partial charge in [-0.3, -0.25) is 0 Å². The Labute approximate surface area is 190 Å². The van der Waals surface area contributed by atoms with Crippen LogP contribution < -0.4 is 28.4 Å². The molecule has 3 aromatic rings. The van der Waals surface area contributed by atoms with Crippen molar-refractivity contribution in [3.63, 3.8) is 0 Å². The Hall–Kier alpha value is -3.73. The second-order valence-electron chi connectivity index (χ2n) is 6.27. The van der Waals surface area contributed by atoms with Crippen LogP contribution >= 0.6 is 12.2 Å². The summed E-state index contributed by atoms with van der Waals surface area (Å²) in [6, 6.07) is 6.98. The third kappa shape index (κ3) is 4.33. The van der Waals surface area contributed by atoms with Crippen molar-refractivity contribution in [3.8, 4) is 45.9 Å². The molecule has 10 nitrogen and oxygen atoms in total. The van der Waals surface area contributed by atoms with Gasteiger partial charge in [0.2, 0.25) is 10.5 Å². The molecule has 0 saturated heterocycles. The third-order valence-electron chi connectivity index (χ3n) is 4.63. The van der Waals surface area contributed by atoms with Crippen LogP contribution in [0.1, 0.15) is 5.56 Å². The Kier molecular flexibility index (Phi) is 7.21. The standard InChI is InChI=1S/C21H24N4O6S/c1-26-13-9-15(27-2)14(16(10-13)28-3)11-22-25-20(23-24-21(25)32)12-7-17(29-4)19(31-6)18(8-12)30-5/h7-11H,1-6H3,(H,24,32). The van der Waals surface area contributed by atoms with Crippen molar-refractivity contribution in [1.82, 2.24) is 14.9 Å². The highest BCUT2D eigenvalue weighted by Crippen LogP contribution is 2.41. The zero-order chi connectivity index (χ0) is 23.3. The van der Waals surface area contributed by atoms with Crippen LogP contribution in [-0.2, 0) is 0 Å². The van der Waals surface area contributed by atoms with Gasteiger partial charge in [-0.05, 0) is 24.4 Å². The highest BCUT2D eigenvalue weighted by atomic mass is 32.1. The lowest BCUT2D eigenvalue weighted by atomic mass is 10.1. The van der Waals surface area contributed by atoms with Crippen LogP contribution in [0, 0.1) is 4.77 Å². The first-order chi connectivity index (χ1) is 15.5. The predicted octanol–water partition coefficient (Wildman–Crippen LogP) is 3.54. The molecule has 2 aromatic carbocycles. The molecule has 32 heavy (non-hydrogen) atoms. The maximum Gasteiger partial charge on any atom is 0.216 e. The summed E-state index contributed by atoms with van der Waals surface area (Å²) in [6.45, 7) is 0. The van der Waals surface area contributed by atoms with Crippen LogP contribution in [0.15, 0.2) is 29.4 Å². The second-order valence-corrected chi connectivity index (χ2v) is 6.66. The normalized spacial score (nSPS) is 10.8. The quantitative estimate of drug-likeness (QED) is 0.382. The molecule has 1 heterocycles. The lowest BCUT2D eigenvalue weighted by Gasteiger charge is -2.14.